The van der Waals surface area contributed by atoms with Gasteiger partial charge in [0.25, 0.3) is 0 Å². The smallest absolute Gasteiger partial charge is 0.00178 e. The summed E-state index contributed by atoms with van der Waals surface area (Å²) < 4.78 is 0. The summed E-state index contributed by atoms with van der Waals surface area (Å²) in [5.74, 6) is 1.77. The molecule has 1 nitrogen and oxygen atoms in total. The zero-order chi connectivity index (χ0) is 15.3. The van der Waals surface area contributed by atoms with E-state index >= 15 is 0 Å². The lowest BCUT2D eigenvalue weighted by Crippen LogP contribution is -2.26. The summed E-state index contributed by atoms with van der Waals surface area (Å²) in [5, 5.41) is 3.62. The van der Waals surface area contributed by atoms with Crippen molar-refractivity contribution < 1.29 is 0 Å². The monoisotopic (exact) mass is 287 g/mol. The van der Waals surface area contributed by atoms with Gasteiger partial charge >= 0.3 is 0 Å². The molecule has 2 atom stereocenters. The highest BCUT2D eigenvalue weighted by atomic mass is 14.9. The summed E-state index contributed by atoms with van der Waals surface area (Å²) >= 11 is 0. The third kappa shape index (κ3) is 4.85. The summed E-state index contributed by atoms with van der Waals surface area (Å²) in [7, 11) is 0. The minimum Gasteiger partial charge on any atom is -0.316 e. The fourth-order valence-electron chi connectivity index (χ4n) is 3.56. The van der Waals surface area contributed by atoms with Gasteiger partial charge in [0.1, 0.15) is 0 Å². The first kappa shape index (κ1) is 16.5. The van der Waals surface area contributed by atoms with Gasteiger partial charge in [0, 0.05) is 0 Å². The summed E-state index contributed by atoms with van der Waals surface area (Å²) in [6.45, 7) is 11.5. The molecule has 1 saturated carbocycles. The SMILES string of the molecule is CCCNCC1CCCC1Cc1ccc(C(C)(C)C)cc1. The largest absolute Gasteiger partial charge is 0.316 e. The van der Waals surface area contributed by atoms with Crippen molar-refractivity contribution >= 4 is 0 Å². The lowest BCUT2D eigenvalue weighted by Gasteiger charge is -2.22. The highest BCUT2D eigenvalue weighted by Gasteiger charge is 2.26. The Hall–Kier alpha value is -0.820. The molecule has 1 fully saturated rings. The van der Waals surface area contributed by atoms with Gasteiger partial charge in [-0.1, -0.05) is 58.4 Å². The Morgan fingerprint density at radius 2 is 1.71 bits per heavy atom. The van der Waals surface area contributed by atoms with E-state index in [0.717, 1.165) is 11.8 Å². The third-order valence-electron chi connectivity index (χ3n) is 4.97. The van der Waals surface area contributed by atoms with Crippen LogP contribution in [0.25, 0.3) is 0 Å². The molecule has 21 heavy (non-hydrogen) atoms. The molecule has 0 aliphatic heterocycles. The van der Waals surface area contributed by atoms with Gasteiger partial charge in [-0.25, -0.2) is 0 Å². The highest BCUT2D eigenvalue weighted by molar-refractivity contribution is 5.27. The lowest BCUT2D eigenvalue weighted by atomic mass is 9.85. The normalized spacial score (nSPS) is 22.7. The summed E-state index contributed by atoms with van der Waals surface area (Å²) in [4.78, 5) is 0. The Morgan fingerprint density at radius 1 is 1.05 bits per heavy atom. The number of rotatable bonds is 6. The maximum atomic E-state index is 3.62. The molecule has 1 aromatic rings. The molecule has 1 N–H and O–H groups in total. The van der Waals surface area contributed by atoms with E-state index in [4.69, 9.17) is 0 Å². The lowest BCUT2D eigenvalue weighted by molar-refractivity contribution is 0.365. The first-order valence-electron chi connectivity index (χ1n) is 8.81. The number of benzene rings is 1. The molecule has 0 amide bonds. The van der Waals surface area contributed by atoms with Crippen LogP contribution in [-0.2, 0) is 11.8 Å². The van der Waals surface area contributed by atoms with Gasteiger partial charge in [0.15, 0.2) is 0 Å². The maximum absolute atomic E-state index is 3.62. The van der Waals surface area contributed by atoms with Crippen LogP contribution in [-0.4, -0.2) is 13.1 Å². The van der Waals surface area contributed by atoms with Crippen molar-refractivity contribution in [3.8, 4) is 0 Å². The van der Waals surface area contributed by atoms with E-state index < -0.39 is 0 Å². The van der Waals surface area contributed by atoms with Crippen LogP contribution in [0.5, 0.6) is 0 Å². The second kappa shape index (κ2) is 7.45. The van der Waals surface area contributed by atoms with E-state index in [-0.39, 0.29) is 5.41 Å². The Morgan fingerprint density at radius 3 is 2.33 bits per heavy atom. The fourth-order valence-corrected chi connectivity index (χ4v) is 3.56. The van der Waals surface area contributed by atoms with Crippen molar-refractivity contribution in [1.82, 2.24) is 5.32 Å². The first-order valence-corrected chi connectivity index (χ1v) is 8.81. The van der Waals surface area contributed by atoms with Crippen LogP contribution in [0.3, 0.4) is 0 Å². The molecule has 2 unspecified atom stereocenters. The second-order valence-corrected chi connectivity index (χ2v) is 7.81. The van der Waals surface area contributed by atoms with E-state index in [9.17, 15) is 0 Å². The van der Waals surface area contributed by atoms with Crippen LogP contribution in [0.2, 0.25) is 0 Å². The predicted molar refractivity (Wildman–Crippen MR) is 92.8 cm³/mol. The molecule has 1 aromatic carbocycles. The molecule has 1 aliphatic rings. The molecule has 0 bridgehead atoms. The van der Waals surface area contributed by atoms with Crippen LogP contribution in [0.15, 0.2) is 24.3 Å². The average Bonchev–Trinajstić information content (AvgIpc) is 2.86. The van der Waals surface area contributed by atoms with Gasteiger partial charge in [-0.05, 0) is 67.2 Å². The second-order valence-electron chi connectivity index (χ2n) is 7.81. The van der Waals surface area contributed by atoms with E-state index in [0.29, 0.717) is 0 Å². The summed E-state index contributed by atoms with van der Waals surface area (Å²) in [6.07, 6.45) is 6.76. The number of nitrogens with one attached hydrogen (secondary N) is 1. The molecule has 0 aromatic heterocycles. The van der Waals surface area contributed by atoms with E-state index in [1.54, 1.807) is 0 Å². The molecule has 0 spiro atoms. The summed E-state index contributed by atoms with van der Waals surface area (Å²) in [5.41, 5.74) is 3.23. The maximum Gasteiger partial charge on any atom is -0.00178 e. The molecule has 0 saturated heterocycles. The Bertz CT molecular complexity index is 412. The zero-order valence-electron chi connectivity index (χ0n) is 14.4. The molecule has 1 heteroatoms. The van der Waals surface area contributed by atoms with E-state index in [2.05, 4.69) is 57.3 Å². The minimum atomic E-state index is 0.262. The zero-order valence-corrected chi connectivity index (χ0v) is 14.4. The quantitative estimate of drug-likeness (QED) is 0.731. The molecule has 0 heterocycles. The molecule has 0 radical (unpaired) electrons. The standard InChI is InChI=1S/C20H33N/c1-5-13-21-15-18-8-6-7-17(18)14-16-9-11-19(12-10-16)20(2,3)4/h9-12,17-18,21H,5-8,13-15H2,1-4H3. The van der Waals surface area contributed by atoms with Crippen LogP contribution in [0.1, 0.15) is 64.5 Å². The van der Waals surface area contributed by atoms with Crippen molar-refractivity contribution in [3.63, 3.8) is 0 Å². The topological polar surface area (TPSA) is 12.0 Å². The van der Waals surface area contributed by atoms with Crippen molar-refractivity contribution in [1.29, 1.82) is 0 Å². The minimum absolute atomic E-state index is 0.262. The fraction of sp³-hybridized carbons (Fsp3) is 0.700. The number of hydrogen-bond donors (Lipinski definition) is 1. The van der Waals surface area contributed by atoms with Crippen LogP contribution in [0, 0.1) is 11.8 Å². The van der Waals surface area contributed by atoms with Gasteiger partial charge < -0.3 is 5.32 Å². The molecule has 2 rings (SSSR count). The highest BCUT2D eigenvalue weighted by Crippen LogP contribution is 2.34. The van der Waals surface area contributed by atoms with Gasteiger partial charge in [-0.15, -0.1) is 0 Å². The predicted octanol–water partition coefficient (Wildman–Crippen LogP) is 4.94. The van der Waals surface area contributed by atoms with Crippen molar-refractivity contribution in [2.24, 2.45) is 11.8 Å². The van der Waals surface area contributed by atoms with Crippen LogP contribution >= 0.6 is 0 Å². The summed E-state index contributed by atoms with van der Waals surface area (Å²) in [6, 6.07) is 9.37. The van der Waals surface area contributed by atoms with Crippen LogP contribution < -0.4 is 5.32 Å². The first-order chi connectivity index (χ1) is 10.0. The number of hydrogen-bond acceptors (Lipinski definition) is 1. The van der Waals surface area contributed by atoms with Crippen molar-refractivity contribution in [2.45, 2.75) is 65.2 Å². The molecular weight excluding hydrogens is 254 g/mol. The molecule has 1 aliphatic carbocycles. The Kier molecular flexibility index (Phi) is 5.87. The van der Waals surface area contributed by atoms with E-state index in [1.165, 1.54) is 56.3 Å². The third-order valence-corrected chi connectivity index (χ3v) is 4.97. The van der Waals surface area contributed by atoms with Gasteiger partial charge in [-0.2, -0.15) is 0 Å². The Labute approximate surface area is 131 Å². The Balaban J connectivity index is 1.91. The van der Waals surface area contributed by atoms with Crippen molar-refractivity contribution in [3.05, 3.63) is 35.4 Å². The molecule has 118 valence electrons. The van der Waals surface area contributed by atoms with Gasteiger partial charge in [-0.3, -0.25) is 0 Å². The average molecular weight is 287 g/mol. The van der Waals surface area contributed by atoms with Crippen LogP contribution in [0.4, 0.5) is 0 Å². The van der Waals surface area contributed by atoms with Crippen molar-refractivity contribution in [2.75, 3.05) is 13.1 Å². The van der Waals surface area contributed by atoms with Gasteiger partial charge in [0.2, 0.25) is 0 Å². The van der Waals surface area contributed by atoms with E-state index in [1.807, 2.05) is 0 Å². The van der Waals surface area contributed by atoms with Gasteiger partial charge in [0.05, 0.1) is 0 Å². The molecular formula is C20H33N.